The Bertz CT molecular complexity index is 978. The molecular weight excluding hydrogens is 354 g/mol. The second-order valence-electron chi connectivity index (χ2n) is 7.31. The van der Waals surface area contributed by atoms with Gasteiger partial charge in [0.1, 0.15) is 5.82 Å². The van der Waals surface area contributed by atoms with Crippen molar-refractivity contribution in [3.05, 3.63) is 71.5 Å². The Labute approximate surface area is 163 Å². The highest BCUT2D eigenvalue weighted by molar-refractivity contribution is 8.00. The maximum atomic E-state index is 13.2. The quantitative estimate of drug-likeness (QED) is 0.613. The van der Waals surface area contributed by atoms with Crippen LogP contribution in [0.15, 0.2) is 59.8 Å². The smallest absolute Gasteiger partial charge is 0.196 e. The summed E-state index contributed by atoms with van der Waals surface area (Å²) in [6, 6.07) is 18.3. The third kappa shape index (κ3) is 3.21. The Hall–Kier alpha value is -2.40. The van der Waals surface area contributed by atoms with E-state index in [0.29, 0.717) is 5.92 Å². The molecule has 1 unspecified atom stereocenters. The Morgan fingerprint density at radius 1 is 0.926 bits per heavy atom. The number of aryl methyl sites for hydroxylation is 1. The number of carbonyl (C=O) groups excluding carboxylic acids is 1. The number of aromatic nitrogens is 3. The van der Waals surface area contributed by atoms with Crippen LogP contribution in [-0.4, -0.2) is 25.8 Å². The minimum atomic E-state index is -0.104. The largest absolute Gasteiger partial charge is 0.293 e. The second-order valence-corrected chi connectivity index (χ2v) is 8.48. The van der Waals surface area contributed by atoms with E-state index in [-0.39, 0.29) is 11.0 Å². The number of hydrogen-bond acceptors (Lipinski definition) is 4. The van der Waals surface area contributed by atoms with E-state index in [0.717, 1.165) is 41.5 Å². The summed E-state index contributed by atoms with van der Waals surface area (Å²) in [5.74, 6) is 1.76. The number of nitrogens with zero attached hydrogens (tertiary/aromatic N) is 3. The van der Waals surface area contributed by atoms with Gasteiger partial charge in [-0.3, -0.25) is 9.36 Å². The third-order valence-electron chi connectivity index (χ3n) is 5.35. The summed E-state index contributed by atoms with van der Waals surface area (Å²) in [5, 5.41) is 9.72. The minimum absolute atomic E-state index is 0.104. The van der Waals surface area contributed by atoms with Gasteiger partial charge in [-0.05, 0) is 49.8 Å². The lowest BCUT2D eigenvalue weighted by molar-refractivity contribution is 0.0988. The van der Waals surface area contributed by atoms with E-state index in [1.807, 2.05) is 36.4 Å². The fourth-order valence-electron chi connectivity index (χ4n) is 3.78. The minimum Gasteiger partial charge on any atom is -0.293 e. The van der Waals surface area contributed by atoms with Crippen molar-refractivity contribution < 1.29 is 4.79 Å². The lowest BCUT2D eigenvalue weighted by Crippen LogP contribution is -2.17. The number of fused-ring (bicyclic) bond motifs is 1. The highest BCUT2D eigenvalue weighted by Gasteiger charge is 2.33. The summed E-state index contributed by atoms with van der Waals surface area (Å²) >= 11 is 1.58. The number of benzene rings is 2. The molecule has 0 amide bonds. The molecule has 0 saturated heterocycles. The van der Waals surface area contributed by atoms with E-state index in [1.165, 1.54) is 18.4 Å². The molecule has 1 atom stereocenters. The van der Waals surface area contributed by atoms with Gasteiger partial charge in [0.25, 0.3) is 0 Å². The molecule has 3 aromatic rings. The summed E-state index contributed by atoms with van der Waals surface area (Å²) in [6.07, 6.45) is 5.21. The van der Waals surface area contributed by atoms with E-state index in [2.05, 4.69) is 33.0 Å². The molecule has 2 aliphatic carbocycles. The lowest BCUT2D eigenvalue weighted by atomic mass is 10.0. The first-order valence-corrected chi connectivity index (χ1v) is 10.5. The van der Waals surface area contributed by atoms with Crippen LogP contribution in [0.5, 0.6) is 0 Å². The number of para-hydroxylation sites is 1. The molecule has 2 aliphatic rings. The van der Waals surface area contributed by atoms with Gasteiger partial charge in [-0.15, -0.1) is 10.2 Å². The number of rotatable bonds is 4. The van der Waals surface area contributed by atoms with Crippen molar-refractivity contribution in [2.75, 3.05) is 0 Å². The summed E-state index contributed by atoms with van der Waals surface area (Å²) in [6.45, 7) is 0. The number of carbonyl (C=O) groups is 1. The molecule has 1 fully saturated rings. The predicted octanol–water partition coefficient (Wildman–Crippen LogP) is 4.82. The SMILES string of the molecule is O=C1c2ccccc2CCCC1Sc1nnc(C2CC2)n1-c1ccccc1. The molecule has 4 nitrogen and oxygen atoms in total. The maximum absolute atomic E-state index is 13.2. The highest BCUT2D eigenvalue weighted by Crippen LogP contribution is 2.42. The number of Topliss-reactive ketones (excluding diaryl/α,β-unsaturated/α-hetero) is 1. The Kier molecular flexibility index (Phi) is 4.32. The highest BCUT2D eigenvalue weighted by atomic mass is 32.2. The van der Waals surface area contributed by atoms with Crippen LogP contribution >= 0.6 is 11.8 Å². The van der Waals surface area contributed by atoms with Crippen molar-refractivity contribution >= 4 is 17.5 Å². The molecule has 27 heavy (non-hydrogen) atoms. The van der Waals surface area contributed by atoms with Crippen LogP contribution in [0.4, 0.5) is 0 Å². The van der Waals surface area contributed by atoms with Crippen molar-refractivity contribution in [1.29, 1.82) is 0 Å². The lowest BCUT2D eigenvalue weighted by Gasteiger charge is -2.15. The number of thioether (sulfide) groups is 1. The van der Waals surface area contributed by atoms with Gasteiger partial charge in [0.15, 0.2) is 10.9 Å². The van der Waals surface area contributed by atoms with Gasteiger partial charge in [0, 0.05) is 17.2 Å². The van der Waals surface area contributed by atoms with Crippen LogP contribution in [0.25, 0.3) is 5.69 Å². The summed E-state index contributed by atoms with van der Waals surface area (Å²) in [4.78, 5) is 13.2. The van der Waals surface area contributed by atoms with Gasteiger partial charge < -0.3 is 0 Å². The van der Waals surface area contributed by atoms with E-state index in [1.54, 1.807) is 11.8 Å². The van der Waals surface area contributed by atoms with Crippen LogP contribution < -0.4 is 0 Å². The van der Waals surface area contributed by atoms with Gasteiger partial charge >= 0.3 is 0 Å². The summed E-state index contributed by atoms with van der Waals surface area (Å²) in [5.41, 5.74) is 3.13. The Balaban J connectivity index is 1.50. The zero-order valence-electron chi connectivity index (χ0n) is 15.0. The van der Waals surface area contributed by atoms with Crippen LogP contribution in [0.2, 0.25) is 0 Å². The van der Waals surface area contributed by atoms with Crippen LogP contribution in [0.1, 0.15) is 53.3 Å². The molecule has 5 heteroatoms. The van der Waals surface area contributed by atoms with Gasteiger partial charge in [-0.25, -0.2) is 0 Å². The van der Waals surface area contributed by atoms with Crippen molar-refractivity contribution in [2.45, 2.75) is 48.4 Å². The van der Waals surface area contributed by atoms with Crippen LogP contribution in [-0.2, 0) is 6.42 Å². The maximum Gasteiger partial charge on any atom is 0.196 e. The van der Waals surface area contributed by atoms with E-state index in [9.17, 15) is 4.79 Å². The molecule has 0 bridgehead atoms. The van der Waals surface area contributed by atoms with Gasteiger partial charge in [-0.1, -0.05) is 54.2 Å². The molecule has 0 N–H and O–H groups in total. The Morgan fingerprint density at radius 3 is 2.52 bits per heavy atom. The van der Waals surface area contributed by atoms with Crippen molar-refractivity contribution in [3.63, 3.8) is 0 Å². The zero-order chi connectivity index (χ0) is 18.2. The standard InChI is InChI=1S/C22H21N3OS/c26-20-18-11-5-4-7-15(18)8-6-12-19(20)27-22-24-23-21(16-13-14-16)25(22)17-9-2-1-3-10-17/h1-5,7,9-11,16,19H,6,8,12-14H2. The molecule has 1 aromatic heterocycles. The molecule has 1 heterocycles. The Morgan fingerprint density at radius 2 is 1.70 bits per heavy atom. The summed E-state index contributed by atoms with van der Waals surface area (Å²) in [7, 11) is 0. The first-order valence-electron chi connectivity index (χ1n) is 9.61. The van der Waals surface area contributed by atoms with Gasteiger partial charge in [0.05, 0.1) is 5.25 Å². The molecule has 2 aromatic carbocycles. The van der Waals surface area contributed by atoms with Gasteiger partial charge in [0.2, 0.25) is 0 Å². The van der Waals surface area contributed by atoms with Crippen molar-refractivity contribution in [2.24, 2.45) is 0 Å². The fourth-order valence-corrected chi connectivity index (χ4v) is 4.95. The molecule has 0 aliphatic heterocycles. The second kappa shape index (κ2) is 6.97. The number of hydrogen-bond donors (Lipinski definition) is 0. The number of ketones is 1. The first kappa shape index (κ1) is 16.8. The molecule has 0 radical (unpaired) electrons. The van der Waals surface area contributed by atoms with Gasteiger partial charge in [-0.2, -0.15) is 0 Å². The monoisotopic (exact) mass is 375 g/mol. The van der Waals surface area contributed by atoms with E-state index < -0.39 is 0 Å². The average Bonchev–Trinajstić information content (AvgIpc) is 3.49. The van der Waals surface area contributed by atoms with Crippen LogP contribution in [0.3, 0.4) is 0 Å². The molecular formula is C22H21N3OS. The molecule has 136 valence electrons. The third-order valence-corrected chi connectivity index (χ3v) is 6.56. The molecule has 0 spiro atoms. The van der Waals surface area contributed by atoms with Crippen molar-refractivity contribution in [1.82, 2.24) is 14.8 Å². The predicted molar refractivity (Wildman–Crippen MR) is 107 cm³/mol. The first-order chi connectivity index (χ1) is 13.3. The topological polar surface area (TPSA) is 47.8 Å². The van der Waals surface area contributed by atoms with Crippen molar-refractivity contribution in [3.8, 4) is 5.69 Å². The normalized spacial score (nSPS) is 19.6. The summed E-state index contributed by atoms with van der Waals surface area (Å²) < 4.78 is 2.16. The average molecular weight is 375 g/mol. The molecule has 5 rings (SSSR count). The van der Waals surface area contributed by atoms with E-state index in [4.69, 9.17) is 0 Å². The zero-order valence-corrected chi connectivity index (χ0v) is 15.9. The fraction of sp³-hybridized carbons (Fsp3) is 0.318. The molecule has 1 saturated carbocycles. The van der Waals surface area contributed by atoms with Crippen LogP contribution in [0, 0.1) is 0 Å². The van der Waals surface area contributed by atoms with E-state index >= 15 is 0 Å².